The summed E-state index contributed by atoms with van der Waals surface area (Å²) >= 11 is 5.97. The molecular weight excluding hydrogens is 442 g/mol. The molecule has 3 aromatic carbocycles. The Labute approximate surface area is 196 Å². The zero-order chi connectivity index (χ0) is 23.4. The fourth-order valence-corrected chi connectivity index (χ4v) is 3.65. The molecule has 0 unspecified atom stereocenters. The number of halogens is 1. The second-order valence-electron chi connectivity index (χ2n) is 7.34. The summed E-state index contributed by atoms with van der Waals surface area (Å²) in [6.45, 7) is 4.03. The highest BCUT2D eigenvalue weighted by molar-refractivity contribution is 6.30. The van der Waals surface area contributed by atoms with Crippen LogP contribution in [0.1, 0.15) is 28.6 Å². The van der Waals surface area contributed by atoms with E-state index in [0.29, 0.717) is 45.3 Å². The third-order valence-electron chi connectivity index (χ3n) is 4.99. The quantitative estimate of drug-likeness (QED) is 0.322. The number of hydrogen-bond acceptors (Lipinski definition) is 5. The summed E-state index contributed by atoms with van der Waals surface area (Å²) < 4.78 is 16.9. The molecule has 0 saturated heterocycles. The second kappa shape index (κ2) is 9.79. The molecule has 0 atom stereocenters. The van der Waals surface area contributed by atoms with Gasteiger partial charge in [-0.05, 0) is 74.0 Å². The molecule has 7 heteroatoms. The van der Waals surface area contributed by atoms with Crippen molar-refractivity contribution < 1.29 is 23.5 Å². The number of carbonyl (C=O) groups is 2. The van der Waals surface area contributed by atoms with Crippen molar-refractivity contribution in [1.82, 2.24) is 0 Å². The summed E-state index contributed by atoms with van der Waals surface area (Å²) in [6, 6.07) is 19.1. The van der Waals surface area contributed by atoms with Crippen LogP contribution in [0.5, 0.6) is 11.5 Å². The van der Waals surface area contributed by atoms with Crippen molar-refractivity contribution >= 4 is 39.9 Å². The molecule has 0 aliphatic rings. The lowest BCUT2D eigenvalue weighted by Crippen LogP contribution is -2.21. The van der Waals surface area contributed by atoms with Gasteiger partial charge in [-0.3, -0.25) is 9.59 Å². The van der Waals surface area contributed by atoms with Crippen molar-refractivity contribution in [3.63, 3.8) is 0 Å². The Bertz CT molecular complexity index is 1310. The van der Waals surface area contributed by atoms with Gasteiger partial charge in [0.2, 0.25) is 5.78 Å². The van der Waals surface area contributed by atoms with Gasteiger partial charge in [-0.2, -0.15) is 0 Å². The third kappa shape index (κ3) is 5.02. The van der Waals surface area contributed by atoms with E-state index in [2.05, 4.69) is 5.32 Å². The number of aryl methyl sites for hydroxylation is 1. The lowest BCUT2D eigenvalue weighted by atomic mass is 10.1. The van der Waals surface area contributed by atoms with E-state index in [9.17, 15) is 9.59 Å². The summed E-state index contributed by atoms with van der Waals surface area (Å²) in [4.78, 5) is 25.9. The number of fused-ring (bicyclic) bond motifs is 1. The molecule has 1 heterocycles. The fourth-order valence-electron chi connectivity index (χ4n) is 3.42. The van der Waals surface area contributed by atoms with Crippen molar-refractivity contribution in [2.24, 2.45) is 0 Å². The van der Waals surface area contributed by atoms with E-state index in [0.717, 1.165) is 5.56 Å². The van der Waals surface area contributed by atoms with E-state index in [1.54, 1.807) is 60.7 Å². The predicted molar refractivity (Wildman–Crippen MR) is 128 cm³/mol. The van der Waals surface area contributed by atoms with Gasteiger partial charge in [-0.1, -0.05) is 23.7 Å². The lowest BCUT2D eigenvalue weighted by Gasteiger charge is -2.10. The number of carbonyl (C=O) groups excluding carboxylic acids is 2. The van der Waals surface area contributed by atoms with Crippen LogP contribution in [0.15, 0.2) is 71.1 Å². The maximum atomic E-state index is 13.2. The molecule has 1 N–H and O–H groups in total. The van der Waals surface area contributed by atoms with Crippen molar-refractivity contribution in [3.05, 3.63) is 88.6 Å². The Balaban J connectivity index is 1.58. The van der Waals surface area contributed by atoms with Crippen molar-refractivity contribution in [3.8, 4) is 11.5 Å². The molecule has 0 bridgehead atoms. The van der Waals surface area contributed by atoms with E-state index in [4.69, 9.17) is 25.5 Å². The molecule has 6 nitrogen and oxygen atoms in total. The first kappa shape index (κ1) is 22.4. The average Bonchev–Trinajstić information content (AvgIpc) is 3.17. The molecule has 0 radical (unpaired) electrons. The number of anilines is 1. The molecule has 33 heavy (non-hydrogen) atoms. The first-order valence-electron chi connectivity index (χ1n) is 10.4. The molecule has 0 aliphatic carbocycles. The third-order valence-corrected chi connectivity index (χ3v) is 5.22. The minimum absolute atomic E-state index is 0.0522. The Hall–Kier alpha value is -3.77. The van der Waals surface area contributed by atoms with Gasteiger partial charge in [0.25, 0.3) is 5.91 Å². The highest BCUT2D eigenvalue weighted by Crippen LogP contribution is 2.33. The number of furan rings is 1. The number of nitrogens with one attached hydrogen (secondary N) is 1. The van der Waals surface area contributed by atoms with Crippen LogP contribution in [0.25, 0.3) is 11.0 Å². The zero-order valence-corrected chi connectivity index (χ0v) is 18.9. The first-order valence-corrected chi connectivity index (χ1v) is 10.8. The van der Waals surface area contributed by atoms with E-state index in [1.165, 1.54) is 0 Å². The minimum Gasteiger partial charge on any atom is -0.494 e. The van der Waals surface area contributed by atoms with E-state index >= 15 is 0 Å². The van der Waals surface area contributed by atoms with Gasteiger partial charge in [-0.15, -0.1) is 0 Å². The normalized spacial score (nSPS) is 10.8. The molecule has 1 amide bonds. The Kier molecular flexibility index (Phi) is 6.66. The number of hydrogen-bond donors (Lipinski definition) is 1. The number of rotatable bonds is 8. The minimum atomic E-state index is -0.420. The maximum Gasteiger partial charge on any atom is 0.262 e. The van der Waals surface area contributed by atoms with Gasteiger partial charge in [0.15, 0.2) is 12.4 Å². The summed E-state index contributed by atoms with van der Waals surface area (Å²) in [5.41, 5.74) is 2.04. The summed E-state index contributed by atoms with van der Waals surface area (Å²) in [7, 11) is 0. The van der Waals surface area contributed by atoms with Crippen LogP contribution in [0.4, 0.5) is 5.69 Å². The number of amides is 1. The Morgan fingerprint density at radius 2 is 1.76 bits per heavy atom. The molecule has 168 valence electrons. The van der Waals surface area contributed by atoms with Gasteiger partial charge < -0.3 is 19.2 Å². The van der Waals surface area contributed by atoms with Gasteiger partial charge in [0.05, 0.1) is 12.3 Å². The van der Waals surface area contributed by atoms with Crippen LogP contribution in [0.3, 0.4) is 0 Å². The van der Waals surface area contributed by atoms with Gasteiger partial charge in [0, 0.05) is 16.0 Å². The number of benzene rings is 3. The molecule has 0 fully saturated rings. The number of ether oxygens (including phenoxy) is 2. The molecule has 0 saturated carbocycles. The maximum absolute atomic E-state index is 13.2. The van der Waals surface area contributed by atoms with E-state index in [1.807, 2.05) is 19.9 Å². The SMILES string of the molecule is CCOc1ccc(C(=O)c2oc3ccccc3c2NC(=O)COc2ccc(Cl)cc2C)cc1. The van der Waals surface area contributed by atoms with Crippen molar-refractivity contribution in [2.45, 2.75) is 13.8 Å². The van der Waals surface area contributed by atoms with Crippen LogP contribution in [-0.4, -0.2) is 24.9 Å². The van der Waals surface area contributed by atoms with Crippen LogP contribution in [0.2, 0.25) is 5.02 Å². The standard InChI is InChI=1S/C26H22ClNO5/c1-3-31-19-11-8-17(9-12-19)25(30)26-24(20-6-4-5-7-22(20)33-26)28-23(29)15-32-21-13-10-18(27)14-16(21)2/h4-14H,3,15H2,1-2H3,(H,28,29). The molecular formula is C26H22ClNO5. The summed E-state index contributed by atoms with van der Waals surface area (Å²) in [5, 5.41) is 4.00. The van der Waals surface area contributed by atoms with Crippen LogP contribution in [-0.2, 0) is 4.79 Å². The van der Waals surface area contributed by atoms with Crippen LogP contribution >= 0.6 is 11.6 Å². The monoisotopic (exact) mass is 463 g/mol. The van der Waals surface area contributed by atoms with Gasteiger partial charge >= 0.3 is 0 Å². The predicted octanol–water partition coefficient (Wildman–Crippen LogP) is 6.04. The van der Waals surface area contributed by atoms with Gasteiger partial charge in [-0.25, -0.2) is 0 Å². The highest BCUT2D eigenvalue weighted by Gasteiger charge is 2.23. The van der Waals surface area contributed by atoms with Crippen molar-refractivity contribution in [2.75, 3.05) is 18.5 Å². The van der Waals surface area contributed by atoms with Crippen molar-refractivity contribution in [1.29, 1.82) is 0 Å². The van der Waals surface area contributed by atoms with Crippen LogP contribution in [0, 0.1) is 6.92 Å². The second-order valence-corrected chi connectivity index (χ2v) is 7.77. The molecule has 0 spiro atoms. The average molecular weight is 464 g/mol. The first-order chi connectivity index (χ1) is 16.0. The smallest absolute Gasteiger partial charge is 0.262 e. The van der Waals surface area contributed by atoms with E-state index in [-0.39, 0.29) is 18.2 Å². The highest BCUT2D eigenvalue weighted by atomic mass is 35.5. The van der Waals surface area contributed by atoms with Crippen LogP contribution < -0.4 is 14.8 Å². The molecule has 4 rings (SSSR count). The molecule has 4 aromatic rings. The number of para-hydroxylation sites is 1. The van der Waals surface area contributed by atoms with E-state index < -0.39 is 5.91 Å². The summed E-state index contributed by atoms with van der Waals surface area (Å²) in [5.74, 6) is 0.506. The topological polar surface area (TPSA) is 77.8 Å². The Morgan fingerprint density at radius 3 is 2.48 bits per heavy atom. The zero-order valence-electron chi connectivity index (χ0n) is 18.2. The molecule has 1 aromatic heterocycles. The Morgan fingerprint density at radius 1 is 1.00 bits per heavy atom. The fraction of sp³-hybridized carbons (Fsp3) is 0.154. The number of ketones is 1. The summed E-state index contributed by atoms with van der Waals surface area (Å²) in [6.07, 6.45) is 0. The largest absolute Gasteiger partial charge is 0.494 e. The lowest BCUT2D eigenvalue weighted by molar-refractivity contribution is -0.118. The molecule has 0 aliphatic heterocycles. The van der Waals surface area contributed by atoms with Gasteiger partial charge in [0.1, 0.15) is 17.1 Å².